The van der Waals surface area contributed by atoms with Crippen molar-refractivity contribution < 1.29 is 24.5 Å². The fourth-order valence-electron chi connectivity index (χ4n) is 3.11. The Hall–Kier alpha value is -4.04. The third-order valence-corrected chi connectivity index (χ3v) is 5.61. The second kappa shape index (κ2) is 8.99. The zero-order valence-corrected chi connectivity index (χ0v) is 17.7. The van der Waals surface area contributed by atoms with Gasteiger partial charge in [0, 0.05) is 0 Å². The number of amidine groups is 1. The maximum Gasteiger partial charge on any atom is 0.335 e. The summed E-state index contributed by atoms with van der Waals surface area (Å²) in [5.74, 6) is -1.01. The first-order valence-corrected chi connectivity index (χ1v) is 10.4. The Morgan fingerprint density at radius 1 is 1.06 bits per heavy atom. The minimum Gasteiger partial charge on any atom is -0.504 e. The van der Waals surface area contributed by atoms with Gasteiger partial charge in [0.25, 0.3) is 5.91 Å². The maximum atomic E-state index is 13.3. The van der Waals surface area contributed by atoms with Crippen LogP contribution in [-0.2, 0) is 4.79 Å². The molecule has 3 aromatic rings. The number of hydrogen-bond acceptors (Lipinski definition) is 6. The quantitative estimate of drug-likeness (QED) is 0.541. The monoisotopic (exact) mass is 446 g/mol. The molecule has 1 saturated heterocycles. The number of methoxy groups -OCH3 is 1. The van der Waals surface area contributed by atoms with Crippen LogP contribution >= 0.6 is 11.8 Å². The molecule has 160 valence electrons. The lowest BCUT2D eigenvalue weighted by molar-refractivity contribution is -0.113. The van der Waals surface area contributed by atoms with Gasteiger partial charge in [-0.2, -0.15) is 0 Å². The van der Waals surface area contributed by atoms with E-state index in [4.69, 9.17) is 4.74 Å². The van der Waals surface area contributed by atoms with E-state index in [1.54, 1.807) is 42.5 Å². The summed E-state index contributed by atoms with van der Waals surface area (Å²) in [6.45, 7) is 0. The summed E-state index contributed by atoms with van der Waals surface area (Å²) in [6, 6.07) is 20.1. The largest absolute Gasteiger partial charge is 0.504 e. The van der Waals surface area contributed by atoms with E-state index in [-0.39, 0.29) is 17.2 Å². The van der Waals surface area contributed by atoms with Gasteiger partial charge >= 0.3 is 5.97 Å². The Balaban J connectivity index is 1.77. The van der Waals surface area contributed by atoms with Crippen molar-refractivity contribution in [3.05, 3.63) is 88.8 Å². The Kier molecular flexibility index (Phi) is 5.96. The van der Waals surface area contributed by atoms with Gasteiger partial charge in [0.05, 0.1) is 29.0 Å². The topological polar surface area (TPSA) is 99.4 Å². The number of amides is 1. The molecule has 0 spiro atoms. The standard InChI is InChI=1S/C24H18N2O5S/c1-31-20-12-15(10-11-19(20)27)13-21-22(28)26(18-8-3-2-4-9-18)24(32-21)25-17-7-5-6-16(14-17)23(29)30/h2-14,27H,1H3,(H,29,30)/b21-13-,25-24?. The van der Waals surface area contributed by atoms with Crippen molar-refractivity contribution in [3.8, 4) is 11.5 Å². The van der Waals surface area contributed by atoms with Crippen LogP contribution in [0.25, 0.3) is 6.08 Å². The average molecular weight is 446 g/mol. The summed E-state index contributed by atoms with van der Waals surface area (Å²) in [7, 11) is 1.45. The van der Waals surface area contributed by atoms with Crippen molar-refractivity contribution in [2.24, 2.45) is 4.99 Å². The van der Waals surface area contributed by atoms with Crippen molar-refractivity contribution in [2.75, 3.05) is 12.0 Å². The second-order valence-corrected chi connectivity index (χ2v) is 7.78. The van der Waals surface area contributed by atoms with Crippen LogP contribution in [0.15, 0.2) is 82.7 Å². The first-order valence-electron chi connectivity index (χ1n) is 9.54. The van der Waals surface area contributed by atoms with E-state index in [0.717, 1.165) is 0 Å². The van der Waals surface area contributed by atoms with Crippen LogP contribution < -0.4 is 9.64 Å². The van der Waals surface area contributed by atoms with Gasteiger partial charge in [-0.3, -0.25) is 9.69 Å². The zero-order chi connectivity index (χ0) is 22.7. The second-order valence-electron chi connectivity index (χ2n) is 6.77. The lowest BCUT2D eigenvalue weighted by atomic mass is 10.2. The van der Waals surface area contributed by atoms with E-state index in [1.807, 2.05) is 18.2 Å². The number of anilines is 1. The third kappa shape index (κ3) is 4.35. The number of aromatic carboxylic acids is 1. The van der Waals surface area contributed by atoms with E-state index in [9.17, 15) is 19.8 Å². The van der Waals surface area contributed by atoms with E-state index < -0.39 is 5.97 Å². The molecule has 8 heteroatoms. The van der Waals surface area contributed by atoms with Gasteiger partial charge in [0.1, 0.15) is 0 Å². The Bertz CT molecular complexity index is 1250. The number of rotatable bonds is 5. The van der Waals surface area contributed by atoms with Crippen LogP contribution in [0.3, 0.4) is 0 Å². The number of carbonyl (C=O) groups excluding carboxylic acids is 1. The number of aromatic hydroxyl groups is 1. The van der Waals surface area contributed by atoms with Gasteiger partial charge in [0.15, 0.2) is 16.7 Å². The highest BCUT2D eigenvalue weighted by molar-refractivity contribution is 8.19. The van der Waals surface area contributed by atoms with Gasteiger partial charge in [-0.05, 0) is 65.9 Å². The minimum atomic E-state index is -1.05. The Morgan fingerprint density at radius 3 is 2.56 bits per heavy atom. The number of hydrogen-bond donors (Lipinski definition) is 2. The minimum absolute atomic E-state index is 0.00604. The van der Waals surface area contributed by atoms with Crippen LogP contribution in [0.1, 0.15) is 15.9 Å². The number of thioether (sulfide) groups is 1. The highest BCUT2D eigenvalue weighted by atomic mass is 32.2. The van der Waals surface area contributed by atoms with Crippen molar-refractivity contribution in [2.45, 2.75) is 0 Å². The molecule has 0 bridgehead atoms. The fourth-order valence-corrected chi connectivity index (χ4v) is 4.11. The normalized spacial score (nSPS) is 16.0. The molecule has 1 aliphatic rings. The first-order chi connectivity index (χ1) is 15.5. The number of phenols is 1. The van der Waals surface area contributed by atoms with E-state index in [2.05, 4.69) is 4.99 Å². The summed E-state index contributed by atoms with van der Waals surface area (Å²) in [4.78, 5) is 31.1. The fraction of sp³-hybridized carbons (Fsp3) is 0.0417. The molecule has 0 aliphatic carbocycles. The molecule has 0 atom stereocenters. The lowest BCUT2D eigenvalue weighted by Gasteiger charge is -2.15. The number of carbonyl (C=O) groups is 2. The van der Waals surface area contributed by atoms with Crippen LogP contribution in [0.5, 0.6) is 11.5 Å². The summed E-state index contributed by atoms with van der Waals surface area (Å²) in [5, 5.41) is 19.5. The number of benzene rings is 3. The molecule has 1 aliphatic heterocycles. The Labute approximate surface area is 188 Å². The average Bonchev–Trinajstić information content (AvgIpc) is 3.10. The molecule has 7 nitrogen and oxygen atoms in total. The molecule has 1 amide bonds. The molecule has 0 unspecified atom stereocenters. The summed E-state index contributed by atoms with van der Waals surface area (Å²) >= 11 is 1.18. The summed E-state index contributed by atoms with van der Waals surface area (Å²) < 4.78 is 5.14. The van der Waals surface area contributed by atoms with E-state index >= 15 is 0 Å². The van der Waals surface area contributed by atoms with Crippen molar-refractivity contribution >= 4 is 46.3 Å². The lowest BCUT2D eigenvalue weighted by Crippen LogP contribution is -2.28. The van der Waals surface area contributed by atoms with Gasteiger partial charge in [-0.25, -0.2) is 9.79 Å². The molecule has 1 fully saturated rings. The predicted molar refractivity (Wildman–Crippen MR) is 125 cm³/mol. The molecule has 3 aromatic carbocycles. The van der Waals surface area contributed by atoms with Crippen molar-refractivity contribution in [1.29, 1.82) is 0 Å². The zero-order valence-electron chi connectivity index (χ0n) is 16.9. The molecule has 0 saturated carbocycles. The van der Waals surface area contributed by atoms with Gasteiger partial charge in [0.2, 0.25) is 0 Å². The van der Waals surface area contributed by atoms with Crippen LogP contribution in [-0.4, -0.2) is 34.4 Å². The van der Waals surface area contributed by atoms with Crippen LogP contribution in [0, 0.1) is 0 Å². The Morgan fingerprint density at radius 2 is 1.84 bits per heavy atom. The predicted octanol–water partition coefficient (Wildman–Crippen LogP) is 4.91. The van der Waals surface area contributed by atoms with Crippen LogP contribution in [0.4, 0.5) is 11.4 Å². The number of aliphatic imine (C=N–C) groups is 1. The first kappa shape index (κ1) is 21.2. The number of nitrogens with zero attached hydrogens (tertiary/aromatic N) is 2. The van der Waals surface area contributed by atoms with E-state index in [0.29, 0.717) is 32.8 Å². The molecule has 32 heavy (non-hydrogen) atoms. The highest BCUT2D eigenvalue weighted by Crippen LogP contribution is 2.38. The van der Waals surface area contributed by atoms with Crippen molar-refractivity contribution in [3.63, 3.8) is 0 Å². The summed E-state index contributed by atoms with van der Waals surface area (Å²) in [5.41, 5.74) is 1.86. The maximum absolute atomic E-state index is 13.3. The number of ether oxygens (including phenoxy) is 1. The van der Waals surface area contributed by atoms with Gasteiger partial charge in [-0.1, -0.05) is 30.3 Å². The number of phenolic OH excluding ortho intramolecular Hbond substituents is 1. The molecular formula is C24H18N2O5S. The van der Waals surface area contributed by atoms with Gasteiger partial charge < -0.3 is 14.9 Å². The molecule has 4 rings (SSSR count). The van der Waals surface area contributed by atoms with Gasteiger partial charge in [-0.15, -0.1) is 0 Å². The smallest absolute Gasteiger partial charge is 0.335 e. The number of para-hydroxylation sites is 1. The van der Waals surface area contributed by atoms with Crippen LogP contribution in [0.2, 0.25) is 0 Å². The highest BCUT2D eigenvalue weighted by Gasteiger charge is 2.34. The number of carboxylic acids is 1. The molecule has 2 N–H and O–H groups in total. The molecular weight excluding hydrogens is 428 g/mol. The molecule has 0 aromatic heterocycles. The SMILES string of the molecule is COc1cc(/C=C2\SC(=Nc3cccc(C(=O)O)c3)N(c3ccccc3)C2=O)ccc1O. The molecule has 0 radical (unpaired) electrons. The summed E-state index contributed by atoms with van der Waals surface area (Å²) in [6.07, 6.45) is 1.70. The third-order valence-electron chi connectivity index (χ3n) is 4.64. The van der Waals surface area contributed by atoms with Crippen molar-refractivity contribution in [1.82, 2.24) is 0 Å². The molecule has 1 heterocycles. The van der Waals surface area contributed by atoms with E-state index in [1.165, 1.54) is 42.0 Å². The number of carboxylic acid groups (broad SMARTS) is 1.